The quantitative estimate of drug-likeness (QED) is 0.531. The van der Waals surface area contributed by atoms with Gasteiger partial charge in [-0.05, 0) is 0 Å². The van der Waals surface area contributed by atoms with Crippen LogP contribution in [0.4, 0.5) is 17.6 Å². The van der Waals surface area contributed by atoms with E-state index in [2.05, 4.69) is 0 Å². The van der Waals surface area contributed by atoms with Crippen molar-refractivity contribution in [2.75, 3.05) is 0 Å². The molecule has 1 rings (SSSR count). The van der Waals surface area contributed by atoms with Gasteiger partial charge in [-0.15, -0.1) is 0 Å². The summed E-state index contributed by atoms with van der Waals surface area (Å²) in [6.07, 6.45) is -0.239. The van der Waals surface area contributed by atoms with Gasteiger partial charge in [0.1, 0.15) is 0 Å². The van der Waals surface area contributed by atoms with Crippen LogP contribution >= 0.6 is 11.6 Å². The minimum Gasteiger partial charge on any atom is -0.286 e. The Morgan fingerprint density at radius 3 is 1.82 bits per heavy atom. The Morgan fingerprint density at radius 2 is 1.73 bits per heavy atom. The highest BCUT2D eigenvalue weighted by Crippen LogP contribution is 2.44. The maximum absolute atomic E-state index is 12.1. The van der Waals surface area contributed by atoms with Gasteiger partial charge in [-0.1, -0.05) is 11.6 Å². The second kappa shape index (κ2) is 1.97. The summed E-state index contributed by atoms with van der Waals surface area (Å²) in [6, 6.07) is 0. The fourth-order valence-electron chi connectivity index (χ4n) is 0.617. The number of ketones is 1. The van der Waals surface area contributed by atoms with Crippen molar-refractivity contribution in [3.63, 3.8) is 0 Å². The SMILES string of the molecule is O=C1C(Cl)=CC(F)(F)C1(F)F. The first-order valence-corrected chi connectivity index (χ1v) is 2.85. The molecular weight excluding hydrogens is 187 g/mol. The van der Waals surface area contributed by atoms with Crippen LogP contribution in [0.15, 0.2) is 11.1 Å². The van der Waals surface area contributed by atoms with Gasteiger partial charge in [0, 0.05) is 6.08 Å². The lowest BCUT2D eigenvalue weighted by molar-refractivity contribution is -0.179. The second-order valence-corrected chi connectivity index (χ2v) is 2.43. The molecule has 0 saturated carbocycles. The van der Waals surface area contributed by atoms with Crippen molar-refractivity contribution in [3.8, 4) is 0 Å². The summed E-state index contributed by atoms with van der Waals surface area (Å²) >= 11 is 4.78. The van der Waals surface area contributed by atoms with E-state index in [4.69, 9.17) is 11.6 Å². The molecule has 1 aliphatic rings. The molecule has 0 unspecified atom stereocenters. The fraction of sp³-hybridized carbons (Fsp3) is 0.400. The zero-order valence-corrected chi connectivity index (χ0v) is 5.63. The van der Waals surface area contributed by atoms with E-state index < -0.39 is 22.7 Å². The molecule has 62 valence electrons. The summed E-state index contributed by atoms with van der Waals surface area (Å²) < 4.78 is 48.4. The topological polar surface area (TPSA) is 17.1 Å². The van der Waals surface area contributed by atoms with Gasteiger partial charge < -0.3 is 0 Å². The largest absolute Gasteiger partial charge is 0.376 e. The molecule has 11 heavy (non-hydrogen) atoms. The number of Topliss-reactive ketones (excluding diaryl/α,β-unsaturated/α-hetero) is 1. The van der Waals surface area contributed by atoms with E-state index >= 15 is 0 Å². The monoisotopic (exact) mass is 188 g/mol. The zero-order valence-electron chi connectivity index (χ0n) is 4.88. The molecule has 0 saturated heterocycles. The number of carbonyl (C=O) groups is 1. The van der Waals surface area contributed by atoms with Crippen LogP contribution in [0.1, 0.15) is 0 Å². The van der Waals surface area contributed by atoms with Crippen molar-refractivity contribution >= 4 is 17.4 Å². The summed E-state index contributed by atoms with van der Waals surface area (Å²) in [5, 5.41) is -1.11. The molecule has 0 aliphatic heterocycles. The molecule has 0 atom stereocenters. The third-order valence-corrected chi connectivity index (χ3v) is 1.51. The Hall–Kier alpha value is -0.580. The Balaban J connectivity index is 3.16. The number of carbonyl (C=O) groups excluding carboxylic acids is 1. The summed E-state index contributed by atoms with van der Waals surface area (Å²) in [6.45, 7) is 0. The zero-order chi connectivity index (χ0) is 8.86. The first-order valence-electron chi connectivity index (χ1n) is 2.48. The van der Waals surface area contributed by atoms with Gasteiger partial charge in [0.25, 0.3) is 0 Å². The van der Waals surface area contributed by atoms with Crippen molar-refractivity contribution < 1.29 is 22.4 Å². The average Bonchev–Trinajstić information content (AvgIpc) is 1.93. The molecule has 6 heteroatoms. The van der Waals surface area contributed by atoms with E-state index in [1.54, 1.807) is 0 Å². The van der Waals surface area contributed by atoms with E-state index in [1.165, 1.54) is 0 Å². The van der Waals surface area contributed by atoms with Gasteiger partial charge in [0.2, 0.25) is 5.78 Å². The molecule has 0 fully saturated rings. The smallest absolute Gasteiger partial charge is 0.286 e. The Kier molecular flexibility index (Phi) is 1.52. The number of hydrogen-bond acceptors (Lipinski definition) is 1. The van der Waals surface area contributed by atoms with Crippen molar-refractivity contribution in [3.05, 3.63) is 11.1 Å². The second-order valence-electron chi connectivity index (χ2n) is 2.02. The molecule has 1 nitrogen and oxygen atoms in total. The number of hydrogen-bond donors (Lipinski definition) is 0. The first-order chi connectivity index (χ1) is 4.79. The highest BCUT2D eigenvalue weighted by molar-refractivity contribution is 6.44. The molecular formula is C5HClF4O. The summed E-state index contributed by atoms with van der Waals surface area (Å²) in [5.41, 5.74) is 0. The molecule has 0 heterocycles. The predicted molar refractivity (Wildman–Crippen MR) is 28.8 cm³/mol. The van der Waals surface area contributed by atoms with E-state index in [-0.39, 0.29) is 6.08 Å². The van der Waals surface area contributed by atoms with Gasteiger partial charge in [-0.3, -0.25) is 4.79 Å². The van der Waals surface area contributed by atoms with Crippen LogP contribution in [0.5, 0.6) is 0 Å². The minimum atomic E-state index is -4.68. The number of halogens is 5. The van der Waals surface area contributed by atoms with Gasteiger partial charge in [0.05, 0.1) is 5.03 Å². The standard InChI is InChI=1S/C5HClF4O/c6-2-1-4(7,8)5(9,10)3(2)11/h1H. The normalized spacial score (nSPS) is 27.0. The molecule has 1 aliphatic carbocycles. The molecule has 0 aromatic rings. The number of allylic oxidation sites excluding steroid dienone is 2. The summed E-state index contributed by atoms with van der Waals surface area (Å²) in [4.78, 5) is 10.2. The molecule has 0 radical (unpaired) electrons. The summed E-state index contributed by atoms with van der Waals surface area (Å²) in [7, 11) is 0. The highest BCUT2D eigenvalue weighted by atomic mass is 35.5. The number of rotatable bonds is 0. The highest BCUT2D eigenvalue weighted by Gasteiger charge is 2.65. The molecule has 0 aromatic carbocycles. The van der Waals surface area contributed by atoms with E-state index in [1.807, 2.05) is 0 Å². The maximum Gasteiger partial charge on any atom is 0.376 e. The maximum atomic E-state index is 12.1. The van der Waals surface area contributed by atoms with Crippen molar-refractivity contribution in [2.24, 2.45) is 0 Å². The van der Waals surface area contributed by atoms with Crippen LogP contribution in [0.3, 0.4) is 0 Å². The summed E-state index contributed by atoms with van der Waals surface area (Å²) in [5.74, 6) is -11.1. The third-order valence-electron chi connectivity index (χ3n) is 1.23. The number of alkyl halides is 4. The lowest BCUT2D eigenvalue weighted by atomic mass is 10.2. The van der Waals surface area contributed by atoms with Crippen molar-refractivity contribution in [2.45, 2.75) is 11.8 Å². The van der Waals surface area contributed by atoms with E-state index in [9.17, 15) is 22.4 Å². The average molecular weight is 189 g/mol. The van der Waals surface area contributed by atoms with Crippen LogP contribution in [0, 0.1) is 0 Å². The first kappa shape index (κ1) is 8.52. The Bertz CT molecular complexity index is 245. The van der Waals surface area contributed by atoms with Gasteiger partial charge in [-0.2, -0.15) is 17.6 Å². The van der Waals surface area contributed by atoms with E-state index in [0.717, 1.165) is 0 Å². The van der Waals surface area contributed by atoms with Crippen molar-refractivity contribution in [1.82, 2.24) is 0 Å². The molecule has 0 N–H and O–H groups in total. The Morgan fingerprint density at radius 1 is 1.27 bits per heavy atom. The van der Waals surface area contributed by atoms with Gasteiger partial charge in [-0.25, -0.2) is 0 Å². The lowest BCUT2D eigenvalue weighted by Gasteiger charge is -2.14. The molecule has 0 aromatic heterocycles. The lowest BCUT2D eigenvalue weighted by Crippen LogP contribution is -2.40. The van der Waals surface area contributed by atoms with Crippen molar-refractivity contribution in [1.29, 1.82) is 0 Å². The Labute approximate surface area is 63.6 Å². The van der Waals surface area contributed by atoms with Gasteiger partial charge in [0.15, 0.2) is 0 Å². The third kappa shape index (κ3) is 0.946. The van der Waals surface area contributed by atoms with E-state index in [0.29, 0.717) is 0 Å². The predicted octanol–water partition coefficient (Wildman–Crippen LogP) is 1.96. The van der Waals surface area contributed by atoms with Crippen LogP contribution in [-0.4, -0.2) is 17.6 Å². The van der Waals surface area contributed by atoms with Crippen LogP contribution < -0.4 is 0 Å². The molecule has 0 bridgehead atoms. The fourth-order valence-corrected chi connectivity index (χ4v) is 0.872. The molecule has 0 amide bonds. The van der Waals surface area contributed by atoms with Gasteiger partial charge >= 0.3 is 11.8 Å². The van der Waals surface area contributed by atoms with Crippen LogP contribution in [0.2, 0.25) is 0 Å². The van der Waals surface area contributed by atoms with Crippen LogP contribution in [0.25, 0.3) is 0 Å². The van der Waals surface area contributed by atoms with Crippen LogP contribution in [-0.2, 0) is 4.79 Å². The molecule has 0 spiro atoms. The minimum absolute atomic E-state index is 0.239.